The van der Waals surface area contributed by atoms with E-state index in [1.807, 2.05) is 24.3 Å². The van der Waals surface area contributed by atoms with Gasteiger partial charge in [-0.05, 0) is 30.5 Å². The Kier molecular flexibility index (Phi) is 2.60. The van der Waals surface area contributed by atoms with Gasteiger partial charge in [0.2, 0.25) is 0 Å². The summed E-state index contributed by atoms with van der Waals surface area (Å²) in [6, 6.07) is 7.67. The van der Waals surface area contributed by atoms with Gasteiger partial charge in [-0.25, -0.2) is 0 Å². The number of piperazine rings is 1. The summed E-state index contributed by atoms with van der Waals surface area (Å²) < 4.78 is 0. The van der Waals surface area contributed by atoms with Crippen molar-refractivity contribution in [2.75, 3.05) is 25.0 Å². The number of hydrogen-bond donors (Lipinski definition) is 1. The summed E-state index contributed by atoms with van der Waals surface area (Å²) in [6.07, 6.45) is 1.96. The number of carbonyl (C=O) groups excluding carboxylic acids is 2. The van der Waals surface area contributed by atoms with Crippen LogP contribution in [0.4, 0.5) is 5.69 Å². The summed E-state index contributed by atoms with van der Waals surface area (Å²) >= 11 is 0. The number of anilines is 1. The van der Waals surface area contributed by atoms with Crippen molar-refractivity contribution in [2.24, 2.45) is 5.73 Å². The zero-order valence-corrected chi connectivity index (χ0v) is 10.9. The van der Waals surface area contributed by atoms with Gasteiger partial charge < -0.3 is 15.5 Å². The first-order chi connectivity index (χ1) is 9.01. The second-order valence-electron chi connectivity index (χ2n) is 5.39. The lowest BCUT2D eigenvalue weighted by molar-refractivity contribution is -0.145. The Balaban J connectivity index is 1.90. The topological polar surface area (TPSA) is 66.6 Å². The maximum absolute atomic E-state index is 12.0. The highest BCUT2D eigenvalue weighted by atomic mass is 16.2. The van der Waals surface area contributed by atoms with Crippen LogP contribution in [-0.2, 0) is 15.1 Å². The van der Waals surface area contributed by atoms with E-state index < -0.39 is 11.8 Å². The molecule has 0 aromatic heterocycles. The van der Waals surface area contributed by atoms with Gasteiger partial charge in [0.05, 0.1) is 0 Å². The Labute approximate surface area is 112 Å². The van der Waals surface area contributed by atoms with E-state index in [4.69, 9.17) is 5.73 Å². The molecule has 0 unspecified atom stereocenters. The molecule has 1 saturated heterocycles. The smallest absolute Gasteiger partial charge is 0.316 e. The van der Waals surface area contributed by atoms with Gasteiger partial charge in [0.1, 0.15) is 0 Å². The molecule has 0 radical (unpaired) electrons. The first kappa shape index (κ1) is 12.2. The van der Waals surface area contributed by atoms with Gasteiger partial charge in [-0.3, -0.25) is 9.59 Å². The molecule has 0 bridgehead atoms. The monoisotopic (exact) mass is 259 g/mol. The number of rotatable bonds is 2. The van der Waals surface area contributed by atoms with Crippen molar-refractivity contribution in [3.63, 3.8) is 0 Å². The minimum absolute atomic E-state index is 0.227. The molecule has 5 nitrogen and oxygen atoms in total. The SMILES string of the molecule is CN1CCN(c2cccc(C3(N)CC3)c2)C(=O)C1=O. The highest BCUT2D eigenvalue weighted by Crippen LogP contribution is 2.43. The zero-order valence-electron chi connectivity index (χ0n) is 10.9. The molecule has 2 amide bonds. The summed E-state index contributed by atoms with van der Waals surface area (Å²) in [5.41, 5.74) is 7.76. The van der Waals surface area contributed by atoms with Crippen molar-refractivity contribution in [1.82, 2.24) is 4.90 Å². The molecule has 3 rings (SSSR count). The van der Waals surface area contributed by atoms with E-state index in [2.05, 4.69) is 0 Å². The van der Waals surface area contributed by atoms with Crippen molar-refractivity contribution in [3.05, 3.63) is 29.8 Å². The van der Waals surface area contributed by atoms with Crippen LogP contribution >= 0.6 is 0 Å². The van der Waals surface area contributed by atoms with Gasteiger partial charge in [-0.15, -0.1) is 0 Å². The Bertz CT molecular complexity index is 551. The summed E-state index contributed by atoms with van der Waals surface area (Å²) in [7, 11) is 1.65. The fraction of sp³-hybridized carbons (Fsp3) is 0.429. The number of hydrogen-bond acceptors (Lipinski definition) is 3. The first-order valence-electron chi connectivity index (χ1n) is 6.48. The number of benzene rings is 1. The summed E-state index contributed by atoms with van der Waals surface area (Å²) in [5, 5.41) is 0. The van der Waals surface area contributed by atoms with Crippen molar-refractivity contribution < 1.29 is 9.59 Å². The molecular formula is C14H17N3O2. The molecule has 1 aromatic carbocycles. The highest BCUT2D eigenvalue weighted by Gasteiger charge is 2.40. The van der Waals surface area contributed by atoms with E-state index in [9.17, 15) is 9.59 Å². The van der Waals surface area contributed by atoms with E-state index in [0.717, 1.165) is 24.1 Å². The molecule has 19 heavy (non-hydrogen) atoms. The molecule has 0 spiro atoms. The third kappa shape index (κ3) is 2.00. The van der Waals surface area contributed by atoms with Crippen LogP contribution in [0.2, 0.25) is 0 Å². The van der Waals surface area contributed by atoms with E-state index in [1.165, 1.54) is 9.80 Å². The molecule has 1 heterocycles. The number of nitrogens with zero attached hydrogens (tertiary/aromatic N) is 2. The minimum Gasteiger partial charge on any atom is -0.336 e. The lowest BCUT2D eigenvalue weighted by Crippen LogP contribution is -2.53. The molecule has 2 aliphatic rings. The second-order valence-corrected chi connectivity index (χ2v) is 5.39. The van der Waals surface area contributed by atoms with Gasteiger partial charge in [-0.2, -0.15) is 0 Å². The quantitative estimate of drug-likeness (QED) is 0.784. The predicted octanol–water partition coefficient (Wildman–Crippen LogP) is 0.439. The van der Waals surface area contributed by atoms with Crippen molar-refractivity contribution in [2.45, 2.75) is 18.4 Å². The Morgan fingerprint density at radius 3 is 2.58 bits per heavy atom. The van der Waals surface area contributed by atoms with Gasteiger partial charge in [-0.1, -0.05) is 12.1 Å². The average Bonchev–Trinajstić information content (AvgIpc) is 3.16. The Morgan fingerprint density at radius 2 is 1.89 bits per heavy atom. The third-order valence-corrected chi connectivity index (χ3v) is 3.96. The molecule has 1 aromatic rings. The number of carbonyl (C=O) groups is 2. The molecule has 1 aliphatic carbocycles. The van der Waals surface area contributed by atoms with Crippen LogP contribution in [0.5, 0.6) is 0 Å². The highest BCUT2D eigenvalue weighted by molar-refractivity contribution is 6.40. The zero-order chi connectivity index (χ0) is 13.6. The van der Waals surface area contributed by atoms with E-state index in [-0.39, 0.29) is 5.54 Å². The van der Waals surface area contributed by atoms with Crippen LogP contribution in [0, 0.1) is 0 Å². The maximum atomic E-state index is 12.0. The van der Waals surface area contributed by atoms with Crippen molar-refractivity contribution in [3.8, 4) is 0 Å². The summed E-state index contributed by atoms with van der Waals surface area (Å²) in [5.74, 6) is -0.918. The molecule has 1 aliphatic heterocycles. The van der Waals surface area contributed by atoms with Gasteiger partial charge in [0.25, 0.3) is 0 Å². The summed E-state index contributed by atoms with van der Waals surface area (Å²) in [4.78, 5) is 26.7. The molecule has 1 saturated carbocycles. The normalized spacial score (nSPS) is 21.8. The number of likely N-dealkylation sites (N-methyl/N-ethyl adjacent to an activating group) is 1. The standard InChI is InChI=1S/C14H17N3O2/c1-16-7-8-17(13(19)12(16)18)11-4-2-3-10(9-11)14(15)5-6-14/h2-4,9H,5-8,15H2,1H3. The van der Waals surface area contributed by atoms with E-state index >= 15 is 0 Å². The lowest BCUT2D eigenvalue weighted by atomic mass is 10.0. The first-order valence-corrected chi connectivity index (χ1v) is 6.48. The molecular weight excluding hydrogens is 242 g/mol. The Hall–Kier alpha value is -1.88. The maximum Gasteiger partial charge on any atom is 0.316 e. The molecule has 2 fully saturated rings. The van der Waals surface area contributed by atoms with Gasteiger partial charge in [0, 0.05) is 31.4 Å². The van der Waals surface area contributed by atoms with Gasteiger partial charge in [0.15, 0.2) is 0 Å². The van der Waals surface area contributed by atoms with E-state index in [1.54, 1.807) is 7.05 Å². The molecule has 5 heteroatoms. The van der Waals surface area contributed by atoms with E-state index in [0.29, 0.717) is 13.1 Å². The molecule has 2 N–H and O–H groups in total. The van der Waals surface area contributed by atoms with Crippen LogP contribution in [0.15, 0.2) is 24.3 Å². The molecule has 0 atom stereocenters. The average molecular weight is 259 g/mol. The second kappa shape index (κ2) is 4.06. The van der Waals surface area contributed by atoms with Crippen LogP contribution in [0.1, 0.15) is 18.4 Å². The predicted molar refractivity (Wildman–Crippen MR) is 71.5 cm³/mol. The summed E-state index contributed by atoms with van der Waals surface area (Å²) in [6.45, 7) is 1.09. The minimum atomic E-state index is -0.465. The van der Waals surface area contributed by atoms with Crippen LogP contribution < -0.4 is 10.6 Å². The largest absolute Gasteiger partial charge is 0.336 e. The van der Waals surface area contributed by atoms with Crippen LogP contribution in [-0.4, -0.2) is 36.9 Å². The number of nitrogens with two attached hydrogens (primary N) is 1. The molecule has 100 valence electrons. The fourth-order valence-electron chi connectivity index (χ4n) is 2.39. The van der Waals surface area contributed by atoms with Crippen molar-refractivity contribution in [1.29, 1.82) is 0 Å². The van der Waals surface area contributed by atoms with Crippen LogP contribution in [0.3, 0.4) is 0 Å². The fourth-order valence-corrected chi connectivity index (χ4v) is 2.39. The van der Waals surface area contributed by atoms with Gasteiger partial charge >= 0.3 is 11.8 Å². The van der Waals surface area contributed by atoms with Crippen LogP contribution in [0.25, 0.3) is 0 Å². The third-order valence-electron chi connectivity index (χ3n) is 3.96. The Morgan fingerprint density at radius 1 is 1.16 bits per heavy atom. The lowest BCUT2D eigenvalue weighted by Gasteiger charge is -2.31. The van der Waals surface area contributed by atoms with Crippen molar-refractivity contribution >= 4 is 17.5 Å². The number of amides is 2.